The molecule has 3 aromatic heterocycles. The third-order valence-electron chi connectivity index (χ3n) is 5.75. The molecule has 0 spiro atoms. The Hall–Kier alpha value is -3.52. The minimum absolute atomic E-state index is 0.0334. The maximum Gasteiger partial charge on any atom is 0.0659 e. The lowest BCUT2D eigenvalue weighted by Gasteiger charge is -2.05. The number of hydrogen-bond donors (Lipinski definition) is 4. The van der Waals surface area contributed by atoms with Crippen molar-refractivity contribution in [2.75, 3.05) is 19.8 Å². The van der Waals surface area contributed by atoms with E-state index in [1.807, 2.05) is 59.2 Å². The number of fused-ring (bicyclic) bond motifs is 8. The fourth-order valence-electron chi connectivity index (χ4n) is 4.30. The minimum Gasteiger partial charge on any atom is -0.396 e. The summed E-state index contributed by atoms with van der Waals surface area (Å²) >= 11 is 0. The molecule has 0 fully saturated rings. The molecule has 33 heavy (non-hydrogen) atoms. The van der Waals surface area contributed by atoms with Crippen LogP contribution in [-0.2, 0) is 19.4 Å². The average molecular weight is 443 g/mol. The molecule has 7 heteroatoms. The van der Waals surface area contributed by atoms with Gasteiger partial charge in [0.2, 0.25) is 0 Å². The maximum absolute atomic E-state index is 9.72. The molecule has 0 saturated heterocycles. The summed E-state index contributed by atoms with van der Waals surface area (Å²) in [5.41, 5.74) is 14.1. The van der Waals surface area contributed by atoms with E-state index in [-0.39, 0.29) is 13.2 Å². The first-order valence-electron chi connectivity index (χ1n) is 11.6. The van der Waals surface area contributed by atoms with Gasteiger partial charge in [0.25, 0.3) is 0 Å². The Kier molecular flexibility index (Phi) is 5.58. The Morgan fingerprint density at radius 2 is 1.48 bits per heavy atom. The predicted octanol–water partition coefficient (Wildman–Crippen LogP) is 3.16. The van der Waals surface area contributed by atoms with Crippen molar-refractivity contribution in [1.29, 1.82) is 0 Å². The highest BCUT2D eigenvalue weighted by Crippen LogP contribution is 2.24. The number of H-pyrrole nitrogens is 1. The quantitative estimate of drug-likeness (QED) is 0.323. The van der Waals surface area contributed by atoms with Gasteiger partial charge in [-0.2, -0.15) is 0 Å². The zero-order valence-corrected chi connectivity index (χ0v) is 18.3. The van der Waals surface area contributed by atoms with Crippen LogP contribution in [0.5, 0.6) is 0 Å². The Morgan fingerprint density at radius 1 is 0.848 bits per heavy atom. The van der Waals surface area contributed by atoms with E-state index in [1.165, 1.54) is 0 Å². The van der Waals surface area contributed by atoms with Gasteiger partial charge in [-0.3, -0.25) is 0 Å². The largest absolute Gasteiger partial charge is 0.396 e. The molecule has 5 rings (SSSR count). The van der Waals surface area contributed by atoms with Gasteiger partial charge in [-0.05, 0) is 84.6 Å². The number of aromatic amines is 1. The molecule has 2 aliphatic heterocycles. The predicted molar refractivity (Wildman–Crippen MR) is 133 cm³/mol. The summed E-state index contributed by atoms with van der Waals surface area (Å²) in [6, 6.07) is 10.2. The van der Waals surface area contributed by atoms with Gasteiger partial charge in [-0.25, -0.2) is 9.97 Å². The molecule has 0 unspecified atom stereocenters. The Labute approximate surface area is 193 Å². The van der Waals surface area contributed by atoms with E-state index in [0.29, 0.717) is 37.5 Å². The van der Waals surface area contributed by atoms with Crippen LogP contribution in [0.25, 0.3) is 46.4 Å². The molecule has 168 valence electrons. The molecule has 5 heterocycles. The Balaban J connectivity index is 1.93. The van der Waals surface area contributed by atoms with Gasteiger partial charge in [0.05, 0.1) is 24.1 Å². The average Bonchev–Trinajstić information content (AvgIpc) is 3.57. The van der Waals surface area contributed by atoms with Crippen molar-refractivity contribution in [3.8, 4) is 0 Å². The van der Waals surface area contributed by atoms with Crippen LogP contribution in [0.2, 0.25) is 0 Å². The van der Waals surface area contributed by atoms with Crippen LogP contribution in [0, 0.1) is 0 Å². The third-order valence-corrected chi connectivity index (χ3v) is 5.75. The lowest BCUT2D eigenvalue weighted by molar-refractivity contribution is 0.299. The van der Waals surface area contributed by atoms with Gasteiger partial charge >= 0.3 is 0 Å². The molecular formula is C26H27N5O2. The molecule has 0 saturated carbocycles. The highest BCUT2D eigenvalue weighted by atomic mass is 16.3. The summed E-state index contributed by atoms with van der Waals surface area (Å²) in [6.45, 7) is 0.907. The Morgan fingerprint density at radius 3 is 2.15 bits per heavy atom. The first-order chi connectivity index (χ1) is 16.6. The van der Waals surface area contributed by atoms with E-state index in [2.05, 4.69) is 9.97 Å². The lowest BCUT2D eigenvalue weighted by Crippen LogP contribution is -2.09. The van der Waals surface area contributed by atoms with Gasteiger partial charge in [0.1, 0.15) is 0 Å². The zero-order valence-electron chi connectivity index (χ0n) is 19.3. The Bertz CT molecular complexity index is 1470. The van der Waals surface area contributed by atoms with Crippen LogP contribution < -0.4 is 5.73 Å². The summed E-state index contributed by atoms with van der Waals surface area (Å²) in [6.07, 6.45) is 8.62. The first kappa shape index (κ1) is 20.1. The first-order valence-corrected chi connectivity index (χ1v) is 11.1. The number of hydrogen-bond acceptors (Lipinski definition) is 5. The molecule has 3 aromatic rings. The van der Waals surface area contributed by atoms with Crippen molar-refractivity contribution >= 4 is 46.4 Å². The van der Waals surface area contributed by atoms with Crippen molar-refractivity contribution in [2.24, 2.45) is 5.73 Å². The summed E-state index contributed by atoms with van der Waals surface area (Å²) in [5.74, 6) is 0. The van der Waals surface area contributed by atoms with E-state index in [0.717, 1.165) is 50.5 Å². The molecular weight excluding hydrogens is 414 g/mol. The van der Waals surface area contributed by atoms with E-state index in [9.17, 15) is 10.2 Å². The second kappa shape index (κ2) is 9.15. The van der Waals surface area contributed by atoms with E-state index in [4.69, 9.17) is 12.1 Å². The number of aliphatic hydroxyl groups excluding tert-OH is 2. The highest BCUT2D eigenvalue weighted by Gasteiger charge is 2.10. The molecule has 7 nitrogen and oxygen atoms in total. The van der Waals surface area contributed by atoms with E-state index < -0.39 is 0 Å². The van der Waals surface area contributed by atoms with Gasteiger partial charge in [0.15, 0.2) is 0 Å². The van der Waals surface area contributed by atoms with Crippen LogP contribution in [0.4, 0.5) is 0 Å². The third kappa shape index (κ3) is 4.39. The van der Waals surface area contributed by atoms with Crippen LogP contribution >= 0.6 is 0 Å². The second-order valence-corrected chi connectivity index (χ2v) is 8.09. The minimum atomic E-state index is -0.0587. The van der Waals surface area contributed by atoms with E-state index >= 15 is 0 Å². The monoisotopic (exact) mass is 442 g/mol. The van der Waals surface area contributed by atoms with Gasteiger partial charge in [-0.15, -0.1) is 0 Å². The summed E-state index contributed by atoms with van der Waals surface area (Å²) in [7, 11) is 0. The molecule has 8 bridgehead atoms. The molecule has 0 radical (unpaired) electrons. The summed E-state index contributed by atoms with van der Waals surface area (Å²) < 4.78 is 10.9. The lowest BCUT2D eigenvalue weighted by atomic mass is 10.2. The van der Waals surface area contributed by atoms with Crippen molar-refractivity contribution in [3.63, 3.8) is 0 Å². The fourth-order valence-corrected chi connectivity index (χ4v) is 4.30. The van der Waals surface area contributed by atoms with Crippen LogP contribution in [0.3, 0.4) is 0 Å². The maximum atomic E-state index is 9.72. The molecule has 0 aromatic carbocycles. The molecule has 0 amide bonds. The van der Waals surface area contributed by atoms with Gasteiger partial charge in [-0.1, -0.05) is 0 Å². The number of nitrogens with one attached hydrogen (secondary N) is 1. The van der Waals surface area contributed by atoms with Crippen molar-refractivity contribution in [1.82, 2.24) is 19.5 Å². The number of nitrogens with zero attached hydrogens (tertiary/aromatic N) is 3. The molecule has 0 aliphatic carbocycles. The normalized spacial score (nSPS) is 13.0. The smallest absolute Gasteiger partial charge is 0.0659 e. The van der Waals surface area contributed by atoms with Crippen LogP contribution in [0.15, 0.2) is 36.4 Å². The highest BCUT2D eigenvalue weighted by molar-refractivity contribution is 5.79. The summed E-state index contributed by atoms with van der Waals surface area (Å²) in [4.78, 5) is 12.8. The molecule has 5 N–H and O–H groups in total. The van der Waals surface area contributed by atoms with Gasteiger partial charge < -0.3 is 25.5 Å². The van der Waals surface area contributed by atoms with Crippen molar-refractivity contribution in [3.05, 3.63) is 70.3 Å². The van der Waals surface area contributed by atoms with Gasteiger partial charge in [0, 0.05) is 48.4 Å². The van der Waals surface area contributed by atoms with Crippen LogP contribution in [0.1, 0.15) is 35.3 Å². The number of aliphatic hydroxyl groups is 2. The molecule has 2 aliphatic rings. The zero-order chi connectivity index (χ0) is 23.7. The number of rotatable bonds is 6. The van der Waals surface area contributed by atoms with Crippen LogP contribution in [-0.4, -0.2) is 49.5 Å². The van der Waals surface area contributed by atoms with Crippen molar-refractivity contribution in [2.45, 2.75) is 19.4 Å². The van der Waals surface area contributed by atoms with E-state index in [1.54, 1.807) is 0 Å². The number of nitrogens with two attached hydrogens (primary N) is 1. The second-order valence-electron chi connectivity index (χ2n) is 8.09. The standard InChI is InChI=1S/C26H27N5O2/c27-7-8-31-24-12-18(6-10-33)26(31)16-23-11-17(5-9-32)25(30-23)15-22-4-2-20(29-22)13-19-1-3-21(14-24)28-19/h1-4,11-16,30,32-33H,5-10,27H2/i12D. The molecule has 0 atom stereocenters. The van der Waals surface area contributed by atoms with Crippen molar-refractivity contribution < 1.29 is 11.6 Å². The SMILES string of the molecule is [2H]c1c(CCO)c2cc3cc(CCO)c(cc4nc(cc5nc(cc1n2CCN)C=C5)C=C4)[nH]3. The fraction of sp³-hybridized carbons (Fsp3) is 0.231. The summed E-state index contributed by atoms with van der Waals surface area (Å²) in [5, 5.41) is 19.3. The topological polar surface area (TPSA) is 113 Å². The number of aromatic nitrogens is 4.